The van der Waals surface area contributed by atoms with E-state index >= 15 is 0 Å². The van der Waals surface area contributed by atoms with Crippen LogP contribution in [0.2, 0.25) is 0 Å². The van der Waals surface area contributed by atoms with Crippen molar-refractivity contribution in [2.45, 2.75) is 38.7 Å². The fourth-order valence-electron chi connectivity index (χ4n) is 1.46. The summed E-state index contributed by atoms with van der Waals surface area (Å²) in [6.07, 6.45) is -3.09. The van der Waals surface area contributed by atoms with E-state index in [4.69, 9.17) is 0 Å². The van der Waals surface area contributed by atoms with Crippen LogP contribution in [0.5, 0.6) is 0 Å². The molecule has 7 heteroatoms. The molecular formula is C11H14BrF4NS. The topological polar surface area (TPSA) is 12.0 Å². The van der Waals surface area contributed by atoms with Crippen molar-refractivity contribution in [3.8, 4) is 0 Å². The number of rotatable bonds is 6. The lowest BCUT2D eigenvalue weighted by Gasteiger charge is -2.26. The first-order valence-corrected chi connectivity index (χ1v) is 7.06. The minimum Gasteiger partial charge on any atom is -0.304 e. The summed E-state index contributed by atoms with van der Waals surface area (Å²) in [5.41, 5.74) is 0. The summed E-state index contributed by atoms with van der Waals surface area (Å²) in [6.45, 7) is 3.80. The highest BCUT2D eigenvalue weighted by atomic mass is 79.9. The van der Waals surface area contributed by atoms with E-state index in [1.807, 2.05) is 0 Å². The molecule has 1 N–H and O–H groups in total. The molecule has 1 aromatic rings. The Labute approximate surface area is 116 Å². The standard InChI is InChI=1S/C11H14BrF4NS/c1-3-4-17-9(11(15,16)10(13)14)8-5-7(12)6(2)18-8/h5,9-10,17H,3-4H2,1-2H3. The van der Waals surface area contributed by atoms with Crippen molar-refractivity contribution in [2.75, 3.05) is 6.54 Å². The second-order valence-corrected chi connectivity index (χ2v) is 6.06. The molecule has 0 saturated heterocycles. The van der Waals surface area contributed by atoms with Gasteiger partial charge in [0.05, 0.1) is 0 Å². The summed E-state index contributed by atoms with van der Waals surface area (Å²) in [7, 11) is 0. The maximum absolute atomic E-state index is 13.5. The van der Waals surface area contributed by atoms with Gasteiger partial charge in [-0.25, -0.2) is 8.78 Å². The van der Waals surface area contributed by atoms with Gasteiger partial charge in [-0.15, -0.1) is 11.3 Å². The van der Waals surface area contributed by atoms with Crippen molar-refractivity contribution in [3.63, 3.8) is 0 Å². The molecule has 1 unspecified atom stereocenters. The van der Waals surface area contributed by atoms with E-state index in [2.05, 4.69) is 21.2 Å². The molecule has 1 nitrogen and oxygen atoms in total. The van der Waals surface area contributed by atoms with Crippen LogP contribution in [0.15, 0.2) is 10.5 Å². The zero-order valence-corrected chi connectivity index (χ0v) is 12.3. The molecule has 1 atom stereocenters. The van der Waals surface area contributed by atoms with Crippen molar-refractivity contribution >= 4 is 27.3 Å². The first-order chi connectivity index (χ1) is 8.30. The highest BCUT2D eigenvalue weighted by Gasteiger charge is 2.49. The predicted octanol–water partition coefficient (Wildman–Crippen LogP) is 4.76. The summed E-state index contributed by atoms with van der Waals surface area (Å²) >= 11 is 4.30. The summed E-state index contributed by atoms with van der Waals surface area (Å²) in [6, 6.07) is -0.170. The third kappa shape index (κ3) is 3.45. The molecule has 0 aliphatic rings. The molecule has 0 saturated carbocycles. The Morgan fingerprint density at radius 2 is 2.06 bits per heavy atom. The molecule has 104 valence electrons. The Morgan fingerprint density at radius 1 is 1.44 bits per heavy atom. The molecule has 0 amide bonds. The lowest BCUT2D eigenvalue weighted by Crippen LogP contribution is -2.42. The normalized spacial score (nSPS) is 14.2. The molecule has 0 bridgehead atoms. The van der Waals surface area contributed by atoms with Gasteiger partial charge in [0, 0.05) is 14.2 Å². The average Bonchev–Trinajstić information content (AvgIpc) is 2.59. The van der Waals surface area contributed by atoms with Crippen molar-refractivity contribution in [2.24, 2.45) is 0 Å². The van der Waals surface area contributed by atoms with Crippen LogP contribution in [-0.2, 0) is 0 Å². The molecule has 1 aromatic heterocycles. The molecule has 0 radical (unpaired) electrons. The Balaban J connectivity index is 3.05. The summed E-state index contributed by atoms with van der Waals surface area (Å²) in [4.78, 5) is 1.01. The van der Waals surface area contributed by atoms with Gasteiger partial charge < -0.3 is 5.32 Å². The van der Waals surface area contributed by atoms with E-state index in [-0.39, 0.29) is 11.4 Å². The van der Waals surface area contributed by atoms with Crippen LogP contribution >= 0.6 is 27.3 Å². The number of hydrogen-bond donors (Lipinski definition) is 1. The van der Waals surface area contributed by atoms with Gasteiger partial charge in [0.15, 0.2) is 0 Å². The Kier molecular flexibility index (Phi) is 5.61. The lowest BCUT2D eigenvalue weighted by molar-refractivity contribution is -0.150. The van der Waals surface area contributed by atoms with E-state index in [0.29, 0.717) is 10.9 Å². The van der Waals surface area contributed by atoms with Crippen molar-refractivity contribution < 1.29 is 17.6 Å². The smallest absolute Gasteiger partial charge is 0.304 e. The summed E-state index contributed by atoms with van der Waals surface area (Å²) in [5.74, 6) is -4.08. The largest absolute Gasteiger partial charge is 0.327 e. The average molecular weight is 348 g/mol. The second-order valence-electron chi connectivity index (χ2n) is 3.92. The highest BCUT2D eigenvalue weighted by molar-refractivity contribution is 9.10. The fraction of sp³-hybridized carbons (Fsp3) is 0.636. The molecule has 0 fully saturated rings. The molecule has 0 aromatic carbocycles. The number of hydrogen-bond acceptors (Lipinski definition) is 2. The maximum atomic E-state index is 13.5. The van der Waals surface area contributed by atoms with Gasteiger partial charge in [-0.3, -0.25) is 0 Å². The Hall–Kier alpha value is -0.140. The van der Waals surface area contributed by atoms with E-state index in [0.717, 1.165) is 16.2 Å². The minimum absolute atomic E-state index is 0.220. The van der Waals surface area contributed by atoms with Crippen LogP contribution in [0.1, 0.15) is 29.1 Å². The van der Waals surface area contributed by atoms with Crippen LogP contribution in [0.4, 0.5) is 17.6 Å². The number of alkyl halides is 4. The molecule has 0 aliphatic carbocycles. The fourth-order valence-corrected chi connectivity index (χ4v) is 3.15. The Morgan fingerprint density at radius 3 is 2.44 bits per heavy atom. The van der Waals surface area contributed by atoms with Gasteiger partial charge in [0.25, 0.3) is 0 Å². The molecule has 0 aliphatic heterocycles. The van der Waals surface area contributed by atoms with Gasteiger partial charge in [-0.2, -0.15) is 8.78 Å². The van der Waals surface area contributed by atoms with Crippen LogP contribution in [-0.4, -0.2) is 18.9 Å². The molecular weight excluding hydrogens is 334 g/mol. The van der Waals surface area contributed by atoms with Gasteiger partial charge in [0.1, 0.15) is 6.04 Å². The van der Waals surface area contributed by atoms with Gasteiger partial charge >= 0.3 is 12.3 Å². The monoisotopic (exact) mass is 347 g/mol. The third-order valence-corrected chi connectivity index (χ3v) is 4.64. The number of thiophene rings is 1. The highest BCUT2D eigenvalue weighted by Crippen LogP contribution is 2.41. The third-order valence-electron chi connectivity index (χ3n) is 2.44. The van der Waals surface area contributed by atoms with Gasteiger partial charge in [0.2, 0.25) is 0 Å². The number of halogens is 5. The first kappa shape index (κ1) is 15.9. The van der Waals surface area contributed by atoms with Crippen LogP contribution in [0, 0.1) is 6.92 Å². The van der Waals surface area contributed by atoms with Crippen LogP contribution < -0.4 is 5.32 Å². The lowest BCUT2D eigenvalue weighted by atomic mass is 10.1. The zero-order valence-electron chi connectivity index (χ0n) is 9.94. The molecule has 18 heavy (non-hydrogen) atoms. The SMILES string of the molecule is CCCNC(c1cc(Br)c(C)s1)C(F)(F)C(F)F. The van der Waals surface area contributed by atoms with E-state index < -0.39 is 18.4 Å². The molecule has 1 heterocycles. The van der Waals surface area contributed by atoms with Gasteiger partial charge in [-0.1, -0.05) is 6.92 Å². The predicted molar refractivity (Wildman–Crippen MR) is 68.7 cm³/mol. The molecule has 1 rings (SSSR count). The van der Waals surface area contributed by atoms with Gasteiger partial charge in [-0.05, 0) is 41.9 Å². The van der Waals surface area contributed by atoms with Crippen molar-refractivity contribution in [3.05, 3.63) is 20.3 Å². The summed E-state index contributed by atoms with van der Waals surface area (Å²) in [5, 5.41) is 2.51. The van der Waals surface area contributed by atoms with E-state index in [1.165, 1.54) is 6.07 Å². The molecule has 0 spiro atoms. The van der Waals surface area contributed by atoms with Crippen LogP contribution in [0.3, 0.4) is 0 Å². The minimum atomic E-state index is -4.08. The van der Waals surface area contributed by atoms with Crippen molar-refractivity contribution in [1.29, 1.82) is 0 Å². The van der Waals surface area contributed by atoms with E-state index in [1.54, 1.807) is 13.8 Å². The van der Waals surface area contributed by atoms with E-state index in [9.17, 15) is 17.6 Å². The summed E-state index contributed by atoms with van der Waals surface area (Å²) < 4.78 is 52.7. The quantitative estimate of drug-likeness (QED) is 0.731. The maximum Gasteiger partial charge on any atom is 0.327 e. The Bertz CT molecular complexity index is 375. The van der Waals surface area contributed by atoms with Crippen molar-refractivity contribution in [1.82, 2.24) is 5.32 Å². The number of aryl methyl sites for hydroxylation is 1. The van der Waals surface area contributed by atoms with Crippen LogP contribution in [0.25, 0.3) is 0 Å². The first-order valence-electron chi connectivity index (χ1n) is 5.45. The number of nitrogens with one attached hydrogen (secondary N) is 1. The second kappa shape index (κ2) is 6.34. The zero-order chi connectivity index (χ0) is 13.9.